The van der Waals surface area contributed by atoms with E-state index >= 15 is 0 Å². The van der Waals surface area contributed by atoms with Crippen molar-refractivity contribution in [3.63, 3.8) is 0 Å². The van der Waals surface area contributed by atoms with Crippen LogP contribution < -0.4 is 0 Å². The Kier molecular flexibility index (Phi) is 4.09. The normalized spacial score (nSPS) is 18.5. The van der Waals surface area contributed by atoms with Crippen molar-refractivity contribution in [3.8, 4) is 0 Å². The van der Waals surface area contributed by atoms with E-state index in [2.05, 4.69) is 0 Å². The third kappa shape index (κ3) is 2.46. The fourth-order valence-corrected chi connectivity index (χ4v) is 3.19. The fourth-order valence-electron chi connectivity index (χ4n) is 2.93. The molecule has 1 aliphatic carbocycles. The molecule has 104 valence electrons. The summed E-state index contributed by atoms with van der Waals surface area (Å²) in [6.07, 6.45) is 0.440. The Hall–Kier alpha value is -1.16. The number of benzene rings is 1. The van der Waals surface area contributed by atoms with Gasteiger partial charge in [-0.2, -0.15) is 0 Å². The van der Waals surface area contributed by atoms with E-state index in [-0.39, 0.29) is 16.1 Å². The van der Waals surface area contributed by atoms with Gasteiger partial charge in [-0.3, -0.25) is 4.79 Å². The smallest absolute Gasteiger partial charge is 0.314 e. The van der Waals surface area contributed by atoms with Crippen LogP contribution in [0.25, 0.3) is 0 Å². The van der Waals surface area contributed by atoms with E-state index in [1.54, 1.807) is 6.07 Å². The average Bonchev–Trinajstić information content (AvgIpc) is 2.38. The molecule has 2 rings (SSSR count). The molecule has 0 aromatic heterocycles. The molecule has 1 fully saturated rings. The van der Waals surface area contributed by atoms with Crippen LogP contribution in [0.3, 0.4) is 0 Å². The first-order valence-electron chi connectivity index (χ1n) is 6.29. The van der Waals surface area contributed by atoms with Gasteiger partial charge in [-0.1, -0.05) is 43.0 Å². The van der Waals surface area contributed by atoms with Gasteiger partial charge in [0.15, 0.2) is 0 Å². The summed E-state index contributed by atoms with van der Waals surface area (Å²) >= 11 is 5.84. The molecule has 1 aliphatic rings. The molecule has 5 heteroatoms. The summed E-state index contributed by atoms with van der Waals surface area (Å²) in [7, 11) is 0. The summed E-state index contributed by atoms with van der Waals surface area (Å²) in [5.41, 5.74) is -1.36. The molecule has 0 unspecified atom stereocenters. The Bertz CT molecular complexity index is 482. The zero-order valence-corrected chi connectivity index (χ0v) is 11.1. The Labute approximate surface area is 115 Å². The predicted octanol–water partition coefficient (Wildman–Crippen LogP) is 4.56. The molecule has 0 atom stereocenters. The van der Waals surface area contributed by atoms with Gasteiger partial charge < -0.3 is 5.11 Å². The standard InChI is InChI=1S/C14H15ClF2O2/c15-10-6-4-5-9(11(10)12(16)17)14(13(18)19)7-2-1-3-8-14/h4-6,12H,1-3,7-8H2,(H,18,19). The molecule has 0 amide bonds. The van der Waals surface area contributed by atoms with Crippen LogP contribution in [0.2, 0.25) is 5.02 Å². The maximum absolute atomic E-state index is 13.2. The monoisotopic (exact) mass is 288 g/mol. The van der Waals surface area contributed by atoms with Gasteiger partial charge in [0.05, 0.1) is 5.41 Å². The lowest BCUT2D eigenvalue weighted by Gasteiger charge is -2.35. The molecule has 0 aliphatic heterocycles. The minimum atomic E-state index is -2.76. The number of hydrogen-bond donors (Lipinski definition) is 1. The van der Waals surface area contributed by atoms with Gasteiger partial charge in [0.1, 0.15) is 0 Å². The molecule has 0 radical (unpaired) electrons. The van der Waals surface area contributed by atoms with E-state index in [0.29, 0.717) is 12.8 Å². The van der Waals surface area contributed by atoms with Gasteiger partial charge in [0, 0.05) is 10.6 Å². The van der Waals surface area contributed by atoms with Crippen molar-refractivity contribution in [2.45, 2.75) is 43.9 Å². The van der Waals surface area contributed by atoms with E-state index in [9.17, 15) is 18.7 Å². The molecule has 0 saturated heterocycles. The summed E-state index contributed by atoms with van der Waals surface area (Å²) in [4.78, 5) is 11.7. The SMILES string of the molecule is O=C(O)C1(c2cccc(Cl)c2C(F)F)CCCCC1. The number of hydrogen-bond acceptors (Lipinski definition) is 1. The molecule has 1 N–H and O–H groups in total. The van der Waals surface area contributed by atoms with Crippen LogP contribution in [0.5, 0.6) is 0 Å². The summed E-state index contributed by atoms with van der Waals surface area (Å²) in [6.45, 7) is 0. The number of halogens is 3. The van der Waals surface area contributed by atoms with E-state index in [1.165, 1.54) is 12.1 Å². The Morgan fingerprint density at radius 3 is 2.42 bits per heavy atom. The Morgan fingerprint density at radius 2 is 1.89 bits per heavy atom. The lowest BCUT2D eigenvalue weighted by atomic mass is 9.68. The van der Waals surface area contributed by atoms with Crippen molar-refractivity contribution in [2.24, 2.45) is 0 Å². The van der Waals surface area contributed by atoms with Crippen molar-refractivity contribution in [1.82, 2.24) is 0 Å². The molecule has 1 aromatic carbocycles. The number of carboxylic acids is 1. The molecular formula is C14H15ClF2O2. The minimum absolute atomic E-state index is 0.0568. The van der Waals surface area contributed by atoms with Crippen molar-refractivity contribution in [1.29, 1.82) is 0 Å². The van der Waals surface area contributed by atoms with Gasteiger partial charge in [-0.05, 0) is 24.5 Å². The molecule has 1 aromatic rings. The number of alkyl halides is 2. The topological polar surface area (TPSA) is 37.3 Å². The lowest BCUT2D eigenvalue weighted by molar-refractivity contribution is -0.145. The van der Waals surface area contributed by atoms with Crippen molar-refractivity contribution in [2.75, 3.05) is 0 Å². The highest BCUT2D eigenvalue weighted by molar-refractivity contribution is 6.31. The third-order valence-corrected chi connectivity index (χ3v) is 4.23. The van der Waals surface area contributed by atoms with Crippen LogP contribution in [-0.2, 0) is 10.2 Å². The first-order valence-corrected chi connectivity index (χ1v) is 6.67. The number of rotatable bonds is 3. The number of aliphatic carboxylic acids is 1. The minimum Gasteiger partial charge on any atom is -0.481 e. The highest BCUT2D eigenvalue weighted by Crippen LogP contribution is 2.45. The number of carboxylic acid groups (broad SMARTS) is 1. The van der Waals surface area contributed by atoms with Crippen LogP contribution in [0.4, 0.5) is 8.78 Å². The average molecular weight is 289 g/mol. The first-order chi connectivity index (χ1) is 8.99. The summed E-state index contributed by atoms with van der Waals surface area (Å²) in [5, 5.41) is 9.49. The van der Waals surface area contributed by atoms with Crippen LogP contribution in [0, 0.1) is 0 Å². The quantitative estimate of drug-likeness (QED) is 0.885. The maximum atomic E-state index is 13.2. The van der Waals surface area contributed by atoms with E-state index in [0.717, 1.165) is 19.3 Å². The van der Waals surface area contributed by atoms with Gasteiger partial charge in [-0.15, -0.1) is 0 Å². The van der Waals surface area contributed by atoms with Gasteiger partial charge in [-0.25, -0.2) is 8.78 Å². The second-order valence-electron chi connectivity index (χ2n) is 4.95. The maximum Gasteiger partial charge on any atom is 0.314 e. The van der Waals surface area contributed by atoms with Crippen LogP contribution >= 0.6 is 11.6 Å². The largest absolute Gasteiger partial charge is 0.481 e. The van der Waals surface area contributed by atoms with Crippen molar-refractivity contribution in [3.05, 3.63) is 34.3 Å². The zero-order valence-electron chi connectivity index (χ0n) is 10.3. The molecule has 0 spiro atoms. The van der Waals surface area contributed by atoms with Gasteiger partial charge in [0.25, 0.3) is 6.43 Å². The zero-order chi connectivity index (χ0) is 14.0. The number of carbonyl (C=O) groups is 1. The third-order valence-electron chi connectivity index (χ3n) is 3.90. The molecule has 0 bridgehead atoms. The van der Waals surface area contributed by atoms with E-state index < -0.39 is 17.8 Å². The highest BCUT2D eigenvalue weighted by Gasteiger charge is 2.44. The van der Waals surface area contributed by atoms with Crippen molar-refractivity contribution >= 4 is 17.6 Å². The fraction of sp³-hybridized carbons (Fsp3) is 0.500. The van der Waals surface area contributed by atoms with Gasteiger partial charge >= 0.3 is 5.97 Å². The summed E-state index contributed by atoms with van der Waals surface area (Å²) in [5.74, 6) is -1.03. The predicted molar refractivity (Wildman–Crippen MR) is 68.8 cm³/mol. The van der Waals surface area contributed by atoms with Gasteiger partial charge in [0.2, 0.25) is 0 Å². The molecule has 0 heterocycles. The molecule has 19 heavy (non-hydrogen) atoms. The lowest BCUT2D eigenvalue weighted by Crippen LogP contribution is -2.38. The van der Waals surface area contributed by atoms with Crippen LogP contribution in [-0.4, -0.2) is 11.1 Å². The Morgan fingerprint density at radius 1 is 1.26 bits per heavy atom. The highest BCUT2D eigenvalue weighted by atomic mass is 35.5. The van der Waals surface area contributed by atoms with E-state index in [1.807, 2.05) is 0 Å². The second-order valence-corrected chi connectivity index (χ2v) is 5.36. The molecule has 2 nitrogen and oxygen atoms in total. The summed E-state index contributed by atoms with van der Waals surface area (Å²) in [6, 6.07) is 4.40. The second kappa shape index (κ2) is 5.45. The molecule has 1 saturated carbocycles. The first kappa shape index (κ1) is 14.3. The summed E-state index contributed by atoms with van der Waals surface area (Å²) < 4.78 is 26.4. The van der Waals surface area contributed by atoms with Crippen molar-refractivity contribution < 1.29 is 18.7 Å². The van der Waals surface area contributed by atoms with E-state index in [4.69, 9.17) is 11.6 Å². The van der Waals surface area contributed by atoms with Crippen LogP contribution in [0.15, 0.2) is 18.2 Å². The Balaban J connectivity index is 2.60. The van der Waals surface area contributed by atoms with Crippen LogP contribution in [0.1, 0.15) is 49.7 Å². The molecular weight excluding hydrogens is 274 g/mol.